The molecule has 1 heterocycles. The third-order valence-corrected chi connectivity index (χ3v) is 2.93. The predicted molar refractivity (Wildman–Crippen MR) is 52.8 cm³/mol. The number of nitrogens with one attached hydrogen (secondary N) is 1. The van der Waals surface area contributed by atoms with Crippen LogP contribution in [0.25, 0.3) is 0 Å². The Morgan fingerprint density at radius 1 is 1.50 bits per heavy atom. The summed E-state index contributed by atoms with van der Waals surface area (Å²) >= 11 is 1.49. The first-order valence-corrected chi connectivity index (χ1v) is 5.41. The van der Waals surface area contributed by atoms with E-state index in [0.29, 0.717) is 11.2 Å². The third-order valence-electron chi connectivity index (χ3n) is 2.25. The van der Waals surface area contributed by atoms with Crippen LogP contribution in [0, 0.1) is 5.41 Å². The van der Waals surface area contributed by atoms with Gasteiger partial charge in [-0.15, -0.1) is 0 Å². The van der Waals surface area contributed by atoms with Crippen molar-refractivity contribution in [2.75, 3.05) is 26.5 Å². The first kappa shape index (κ1) is 9.86. The van der Waals surface area contributed by atoms with Crippen molar-refractivity contribution in [1.29, 1.82) is 5.41 Å². The Hall–Kier alpha value is -0.220. The van der Waals surface area contributed by atoms with Crippen molar-refractivity contribution in [3.63, 3.8) is 0 Å². The second-order valence-corrected chi connectivity index (χ2v) is 3.76. The van der Waals surface area contributed by atoms with Gasteiger partial charge in [0.05, 0.1) is 0 Å². The summed E-state index contributed by atoms with van der Waals surface area (Å²) in [5.74, 6) is 0. The molecule has 0 amide bonds. The van der Waals surface area contributed by atoms with Gasteiger partial charge in [0.1, 0.15) is 0 Å². The highest BCUT2D eigenvalue weighted by molar-refractivity contribution is 8.13. The summed E-state index contributed by atoms with van der Waals surface area (Å²) < 4.78 is 5.26. The van der Waals surface area contributed by atoms with Crippen LogP contribution in [0.3, 0.4) is 0 Å². The van der Waals surface area contributed by atoms with Crippen LogP contribution in [0.4, 0.5) is 0 Å². The molecule has 4 heteroatoms. The lowest BCUT2D eigenvalue weighted by Crippen LogP contribution is -2.38. The van der Waals surface area contributed by atoms with Crippen LogP contribution in [0.2, 0.25) is 0 Å². The SMILES string of the molecule is CSC(=N)N(C)C1CCOCC1. The summed E-state index contributed by atoms with van der Waals surface area (Å²) in [6.45, 7) is 1.69. The van der Waals surface area contributed by atoms with Crippen molar-refractivity contribution in [3.8, 4) is 0 Å². The van der Waals surface area contributed by atoms with Crippen LogP contribution in [-0.2, 0) is 4.74 Å². The van der Waals surface area contributed by atoms with E-state index in [-0.39, 0.29) is 0 Å². The van der Waals surface area contributed by atoms with Gasteiger partial charge >= 0.3 is 0 Å². The highest BCUT2D eigenvalue weighted by Crippen LogP contribution is 2.15. The fraction of sp³-hybridized carbons (Fsp3) is 0.875. The first-order valence-electron chi connectivity index (χ1n) is 4.19. The Morgan fingerprint density at radius 3 is 2.58 bits per heavy atom. The van der Waals surface area contributed by atoms with Gasteiger partial charge < -0.3 is 9.64 Å². The molecular weight excluding hydrogens is 172 g/mol. The topological polar surface area (TPSA) is 36.3 Å². The third kappa shape index (κ3) is 2.38. The highest BCUT2D eigenvalue weighted by Gasteiger charge is 2.19. The molecule has 0 atom stereocenters. The van der Waals surface area contributed by atoms with E-state index in [4.69, 9.17) is 10.1 Å². The number of ether oxygens (including phenoxy) is 1. The monoisotopic (exact) mass is 188 g/mol. The molecule has 1 aliphatic rings. The Bertz CT molecular complexity index is 157. The van der Waals surface area contributed by atoms with E-state index in [1.54, 1.807) is 0 Å². The first-order chi connectivity index (χ1) is 5.75. The van der Waals surface area contributed by atoms with Crippen LogP contribution in [-0.4, -0.2) is 42.6 Å². The number of nitrogens with zero attached hydrogens (tertiary/aromatic N) is 1. The smallest absolute Gasteiger partial charge is 0.156 e. The van der Waals surface area contributed by atoms with Crippen LogP contribution in [0.1, 0.15) is 12.8 Å². The van der Waals surface area contributed by atoms with Gasteiger partial charge in [-0.1, -0.05) is 11.8 Å². The number of hydrogen-bond donors (Lipinski definition) is 1. The Kier molecular flexibility index (Phi) is 3.88. The standard InChI is InChI=1S/C8H16N2OS/c1-10(8(9)12-2)7-3-5-11-6-4-7/h7,9H,3-6H2,1-2H3. The van der Waals surface area contributed by atoms with Gasteiger partial charge in [0.15, 0.2) is 5.17 Å². The fourth-order valence-corrected chi connectivity index (χ4v) is 1.82. The molecule has 0 saturated carbocycles. The van der Waals surface area contributed by atoms with E-state index in [1.807, 2.05) is 18.2 Å². The maximum absolute atomic E-state index is 7.63. The molecule has 0 spiro atoms. The lowest BCUT2D eigenvalue weighted by molar-refractivity contribution is 0.0610. The van der Waals surface area contributed by atoms with Gasteiger partial charge in [-0.3, -0.25) is 5.41 Å². The van der Waals surface area contributed by atoms with Gasteiger partial charge in [0, 0.05) is 26.3 Å². The zero-order chi connectivity index (χ0) is 8.97. The lowest BCUT2D eigenvalue weighted by Gasteiger charge is -2.32. The predicted octanol–water partition coefficient (Wildman–Crippen LogP) is 1.39. The molecule has 1 rings (SSSR count). The summed E-state index contributed by atoms with van der Waals surface area (Å²) in [5.41, 5.74) is 0. The molecule has 0 aromatic heterocycles. The summed E-state index contributed by atoms with van der Waals surface area (Å²) in [4.78, 5) is 2.05. The van der Waals surface area contributed by atoms with Crippen molar-refractivity contribution in [3.05, 3.63) is 0 Å². The minimum atomic E-state index is 0.513. The van der Waals surface area contributed by atoms with Gasteiger partial charge in [0.25, 0.3) is 0 Å². The summed E-state index contributed by atoms with van der Waals surface area (Å²) in [6.07, 6.45) is 4.05. The average Bonchev–Trinajstić information content (AvgIpc) is 2.17. The molecule has 1 N–H and O–H groups in total. The molecule has 0 bridgehead atoms. The molecule has 3 nitrogen and oxygen atoms in total. The fourth-order valence-electron chi connectivity index (χ4n) is 1.38. The summed E-state index contributed by atoms with van der Waals surface area (Å²) in [6, 6.07) is 0.513. The average molecular weight is 188 g/mol. The normalized spacial score (nSPS) is 19.2. The Balaban J connectivity index is 2.39. The number of amidine groups is 1. The Morgan fingerprint density at radius 2 is 2.08 bits per heavy atom. The largest absolute Gasteiger partial charge is 0.381 e. The van der Waals surface area contributed by atoms with Crippen molar-refractivity contribution in [1.82, 2.24) is 4.90 Å². The van der Waals surface area contributed by atoms with E-state index in [2.05, 4.69) is 0 Å². The molecule has 0 radical (unpaired) electrons. The Labute approximate surface area is 78.0 Å². The quantitative estimate of drug-likeness (QED) is 0.499. The molecule has 0 aromatic carbocycles. The van der Waals surface area contributed by atoms with Crippen LogP contribution < -0.4 is 0 Å². The van der Waals surface area contributed by atoms with E-state index in [1.165, 1.54) is 11.8 Å². The molecule has 70 valence electrons. The molecule has 1 aliphatic heterocycles. The maximum atomic E-state index is 7.63. The summed E-state index contributed by atoms with van der Waals surface area (Å²) in [5, 5.41) is 8.28. The maximum Gasteiger partial charge on any atom is 0.156 e. The van der Waals surface area contributed by atoms with Gasteiger partial charge in [-0.05, 0) is 19.1 Å². The van der Waals surface area contributed by atoms with Crippen molar-refractivity contribution >= 4 is 16.9 Å². The van der Waals surface area contributed by atoms with E-state index in [9.17, 15) is 0 Å². The molecule has 1 fully saturated rings. The van der Waals surface area contributed by atoms with Crippen molar-refractivity contribution in [2.45, 2.75) is 18.9 Å². The molecule has 1 saturated heterocycles. The summed E-state index contributed by atoms with van der Waals surface area (Å²) in [7, 11) is 1.99. The number of hydrogen-bond acceptors (Lipinski definition) is 3. The zero-order valence-corrected chi connectivity index (χ0v) is 8.49. The van der Waals surface area contributed by atoms with E-state index >= 15 is 0 Å². The number of rotatable bonds is 1. The van der Waals surface area contributed by atoms with Gasteiger partial charge in [0.2, 0.25) is 0 Å². The van der Waals surface area contributed by atoms with Gasteiger partial charge in [-0.25, -0.2) is 0 Å². The van der Waals surface area contributed by atoms with E-state index < -0.39 is 0 Å². The van der Waals surface area contributed by atoms with Crippen LogP contribution >= 0.6 is 11.8 Å². The van der Waals surface area contributed by atoms with Gasteiger partial charge in [-0.2, -0.15) is 0 Å². The molecule has 0 unspecified atom stereocenters. The zero-order valence-electron chi connectivity index (χ0n) is 7.67. The number of thioether (sulfide) groups is 1. The minimum absolute atomic E-state index is 0.513. The van der Waals surface area contributed by atoms with Crippen LogP contribution in [0.5, 0.6) is 0 Å². The second kappa shape index (κ2) is 4.72. The molecule has 0 aliphatic carbocycles. The molecular formula is C8H16N2OS. The second-order valence-electron chi connectivity index (χ2n) is 2.96. The van der Waals surface area contributed by atoms with Crippen molar-refractivity contribution < 1.29 is 4.74 Å². The van der Waals surface area contributed by atoms with Crippen molar-refractivity contribution in [2.24, 2.45) is 0 Å². The highest BCUT2D eigenvalue weighted by atomic mass is 32.2. The molecule has 0 aromatic rings. The minimum Gasteiger partial charge on any atom is -0.381 e. The lowest BCUT2D eigenvalue weighted by atomic mass is 10.1. The van der Waals surface area contributed by atoms with Crippen LogP contribution in [0.15, 0.2) is 0 Å². The molecule has 12 heavy (non-hydrogen) atoms. The van der Waals surface area contributed by atoms with E-state index in [0.717, 1.165) is 26.1 Å².